The molecular formula is C17H13FIN7O. The van der Waals surface area contributed by atoms with Crippen molar-refractivity contribution in [3.05, 3.63) is 46.1 Å². The lowest BCUT2D eigenvalue weighted by atomic mass is 10.1. The topological polar surface area (TPSA) is 105 Å². The Kier molecular flexibility index (Phi) is 4.34. The quantitative estimate of drug-likeness (QED) is 0.357. The average Bonchev–Trinajstić information content (AvgIpc) is 2.90. The number of hydrogen-bond acceptors (Lipinski definition) is 7. The summed E-state index contributed by atoms with van der Waals surface area (Å²) < 4.78 is 22.7. The van der Waals surface area contributed by atoms with Crippen LogP contribution in [0.15, 0.2) is 30.7 Å². The van der Waals surface area contributed by atoms with Crippen LogP contribution in [0.1, 0.15) is 5.69 Å². The predicted molar refractivity (Wildman–Crippen MR) is 106 cm³/mol. The first-order valence-electron chi connectivity index (χ1n) is 7.84. The van der Waals surface area contributed by atoms with Gasteiger partial charge in [0.25, 0.3) is 5.95 Å². The molecule has 4 aromatic heterocycles. The Hall–Kier alpha value is -2.89. The van der Waals surface area contributed by atoms with Crippen LogP contribution in [0.4, 0.5) is 10.2 Å². The summed E-state index contributed by atoms with van der Waals surface area (Å²) >= 11 is 2.15. The Morgan fingerprint density at radius 3 is 2.70 bits per heavy atom. The molecule has 27 heavy (non-hydrogen) atoms. The summed E-state index contributed by atoms with van der Waals surface area (Å²) in [6, 6.07) is 4.91. The molecule has 0 aliphatic carbocycles. The molecule has 2 N–H and O–H groups in total. The number of halogens is 2. The molecule has 10 heteroatoms. The normalized spacial score (nSPS) is 11.1. The number of fused-ring (bicyclic) bond motifs is 1. The van der Waals surface area contributed by atoms with E-state index in [0.29, 0.717) is 33.8 Å². The van der Waals surface area contributed by atoms with Crippen molar-refractivity contribution in [2.75, 3.05) is 5.73 Å². The molecule has 0 atom stereocenters. The summed E-state index contributed by atoms with van der Waals surface area (Å²) in [4.78, 5) is 20.4. The molecule has 8 nitrogen and oxygen atoms in total. The molecule has 0 aliphatic heterocycles. The number of ether oxygens (including phenoxy) is 1. The fraction of sp³-hybridized carbons (Fsp3) is 0.118. The lowest BCUT2D eigenvalue weighted by molar-refractivity contribution is 0.400. The number of anilines is 1. The molecule has 4 heterocycles. The largest absolute Gasteiger partial charge is 0.419 e. The van der Waals surface area contributed by atoms with Crippen molar-refractivity contribution in [1.82, 2.24) is 29.5 Å². The van der Waals surface area contributed by atoms with Gasteiger partial charge in [-0.3, -0.25) is 0 Å². The lowest BCUT2D eigenvalue weighted by Crippen LogP contribution is -1.98. The fourth-order valence-corrected chi connectivity index (χ4v) is 3.47. The molecular weight excluding hydrogens is 464 g/mol. The molecule has 0 saturated carbocycles. The Labute approximate surface area is 166 Å². The van der Waals surface area contributed by atoms with E-state index < -0.39 is 5.95 Å². The first-order chi connectivity index (χ1) is 13.0. The lowest BCUT2D eigenvalue weighted by Gasteiger charge is -2.07. The minimum Gasteiger partial charge on any atom is -0.419 e. The van der Waals surface area contributed by atoms with Crippen molar-refractivity contribution < 1.29 is 9.13 Å². The second-order valence-electron chi connectivity index (χ2n) is 5.75. The highest BCUT2D eigenvalue weighted by molar-refractivity contribution is 14.1. The molecule has 4 rings (SSSR count). The highest BCUT2D eigenvalue weighted by atomic mass is 127. The van der Waals surface area contributed by atoms with E-state index in [1.807, 2.05) is 11.6 Å². The minimum atomic E-state index is -0.777. The Morgan fingerprint density at radius 1 is 1.15 bits per heavy atom. The first kappa shape index (κ1) is 17.5. The Balaban J connectivity index is 1.80. The van der Waals surface area contributed by atoms with Gasteiger partial charge in [-0.05, 0) is 47.7 Å². The molecule has 0 radical (unpaired) electrons. The maximum Gasteiger partial charge on any atom is 0.322 e. The molecule has 0 unspecified atom stereocenters. The van der Waals surface area contributed by atoms with E-state index in [9.17, 15) is 4.39 Å². The van der Waals surface area contributed by atoms with Gasteiger partial charge in [0.05, 0.1) is 14.8 Å². The van der Waals surface area contributed by atoms with Crippen molar-refractivity contribution in [2.45, 2.75) is 6.92 Å². The summed E-state index contributed by atoms with van der Waals surface area (Å²) in [6.07, 6.45) is 2.93. The number of aryl methyl sites for hydroxylation is 2. The van der Waals surface area contributed by atoms with E-state index in [0.717, 1.165) is 3.70 Å². The third-order valence-corrected chi connectivity index (χ3v) is 5.23. The minimum absolute atomic E-state index is 0.0563. The molecule has 0 amide bonds. The smallest absolute Gasteiger partial charge is 0.322 e. The van der Waals surface area contributed by atoms with Gasteiger partial charge < -0.3 is 15.0 Å². The van der Waals surface area contributed by atoms with Crippen molar-refractivity contribution in [3.63, 3.8) is 0 Å². The van der Waals surface area contributed by atoms with Crippen molar-refractivity contribution in [2.24, 2.45) is 7.05 Å². The highest BCUT2D eigenvalue weighted by Crippen LogP contribution is 2.36. The Bertz CT molecular complexity index is 1180. The monoisotopic (exact) mass is 477 g/mol. The SMILES string of the molecule is Cc1ccnc(Oc2ccc(-c3c(I)n(C)c4ncnc(N)c34)nc2F)n1. The summed E-state index contributed by atoms with van der Waals surface area (Å²) in [5.41, 5.74) is 8.47. The second kappa shape index (κ2) is 6.68. The number of pyridine rings is 1. The zero-order chi connectivity index (χ0) is 19.1. The zero-order valence-corrected chi connectivity index (χ0v) is 16.5. The predicted octanol–water partition coefficient (Wildman–Crippen LogP) is 3.25. The summed E-state index contributed by atoms with van der Waals surface area (Å²) in [7, 11) is 1.85. The average molecular weight is 477 g/mol. The van der Waals surface area contributed by atoms with Gasteiger partial charge >= 0.3 is 6.01 Å². The molecule has 136 valence electrons. The van der Waals surface area contributed by atoms with Gasteiger partial charge in [-0.1, -0.05) is 0 Å². The molecule has 0 saturated heterocycles. The maximum atomic E-state index is 14.6. The van der Waals surface area contributed by atoms with E-state index in [1.54, 1.807) is 25.3 Å². The summed E-state index contributed by atoms with van der Waals surface area (Å²) in [5.74, 6) is -0.533. The summed E-state index contributed by atoms with van der Waals surface area (Å²) in [5, 5.41) is 0.631. The molecule has 0 aromatic carbocycles. The van der Waals surface area contributed by atoms with Gasteiger partial charge in [0.1, 0.15) is 17.8 Å². The summed E-state index contributed by atoms with van der Waals surface area (Å²) in [6.45, 7) is 1.79. The fourth-order valence-electron chi connectivity index (χ4n) is 2.69. The van der Waals surface area contributed by atoms with Crippen LogP contribution in [-0.4, -0.2) is 29.5 Å². The van der Waals surface area contributed by atoms with Gasteiger partial charge in [0.15, 0.2) is 5.75 Å². The molecule has 0 bridgehead atoms. The van der Waals surface area contributed by atoms with Gasteiger partial charge in [-0.25, -0.2) is 24.9 Å². The van der Waals surface area contributed by atoms with Crippen LogP contribution in [0.5, 0.6) is 11.8 Å². The number of nitrogen functional groups attached to an aromatic ring is 1. The zero-order valence-electron chi connectivity index (χ0n) is 14.3. The van der Waals surface area contributed by atoms with Crippen LogP contribution >= 0.6 is 22.6 Å². The molecule has 0 spiro atoms. The standard InChI is InChI=1S/C17H13FIN7O/c1-8-5-6-21-17(24-8)27-10-4-3-9(25-13(10)18)11-12-15(20)22-7-23-16(12)26(2)14(11)19/h3-7H,1-2H3,(H2,20,22,23). The van der Waals surface area contributed by atoms with Gasteiger partial charge in [-0.2, -0.15) is 4.39 Å². The number of nitrogens with two attached hydrogens (primary N) is 1. The third kappa shape index (κ3) is 3.05. The van der Waals surface area contributed by atoms with Gasteiger partial charge in [0, 0.05) is 24.5 Å². The third-order valence-electron chi connectivity index (χ3n) is 3.97. The second-order valence-corrected chi connectivity index (χ2v) is 6.77. The number of hydrogen-bond donors (Lipinski definition) is 1. The number of aromatic nitrogens is 6. The van der Waals surface area contributed by atoms with Gasteiger partial charge in [0.2, 0.25) is 0 Å². The van der Waals surface area contributed by atoms with Crippen molar-refractivity contribution >= 4 is 39.4 Å². The first-order valence-corrected chi connectivity index (χ1v) is 8.92. The van der Waals surface area contributed by atoms with Crippen LogP contribution in [0.25, 0.3) is 22.3 Å². The molecule has 4 aromatic rings. The van der Waals surface area contributed by atoms with E-state index in [-0.39, 0.29) is 11.8 Å². The van der Waals surface area contributed by atoms with E-state index >= 15 is 0 Å². The maximum absolute atomic E-state index is 14.6. The number of nitrogens with zero attached hydrogens (tertiary/aromatic N) is 6. The van der Waals surface area contributed by atoms with Crippen LogP contribution < -0.4 is 10.5 Å². The van der Waals surface area contributed by atoms with Crippen LogP contribution in [-0.2, 0) is 7.05 Å². The number of rotatable bonds is 3. The highest BCUT2D eigenvalue weighted by Gasteiger charge is 2.21. The Morgan fingerprint density at radius 2 is 1.96 bits per heavy atom. The van der Waals surface area contributed by atoms with Crippen LogP contribution in [0.3, 0.4) is 0 Å². The van der Waals surface area contributed by atoms with E-state index in [2.05, 4.69) is 47.5 Å². The van der Waals surface area contributed by atoms with Crippen LogP contribution in [0.2, 0.25) is 0 Å². The molecule has 0 fully saturated rings. The van der Waals surface area contributed by atoms with Gasteiger partial charge in [-0.15, -0.1) is 0 Å². The van der Waals surface area contributed by atoms with Crippen LogP contribution in [0, 0.1) is 16.6 Å². The van der Waals surface area contributed by atoms with E-state index in [4.69, 9.17) is 10.5 Å². The molecule has 0 aliphatic rings. The van der Waals surface area contributed by atoms with Crippen molar-refractivity contribution in [3.8, 4) is 23.0 Å². The van der Waals surface area contributed by atoms with E-state index in [1.165, 1.54) is 12.4 Å². The van der Waals surface area contributed by atoms with Crippen molar-refractivity contribution in [1.29, 1.82) is 0 Å².